The van der Waals surface area contributed by atoms with Crippen molar-refractivity contribution in [3.8, 4) is 0 Å². The number of esters is 3. The maximum atomic E-state index is 12.1. The smallest absolute Gasteiger partial charge is 0.348 e. The van der Waals surface area contributed by atoms with Crippen LogP contribution in [0.4, 0.5) is 0 Å². The molecule has 1 heterocycles. The van der Waals surface area contributed by atoms with Crippen LogP contribution in [-0.4, -0.2) is 30.6 Å². The molecule has 0 N–H and O–H groups in total. The van der Waals surface area contributed by atoms with Gasteiger partial charge in [0.1, 0.15) is 12.4 Å². The molecule has 0 saturated carbocycles. The van der Waals surface area contributed by atoms with Gasteiger partial charge in [-0.25, -0.2) is 9.59 Å². The first-order valence-corrected chi connectivity index (χ1v) is 7.13. The molecule has 1 rings (SSSR count). The van der Waals surface area contributed by atoms with Crippen LogP contribution in [0.25, 0.3) is 0 Å². The summed E-state index contributed by atoms with van der Waals surface area (Å²) in [5.74, 6) is -2.01. The molecule has 0 radical (unpaired) electrons. The van der Waals surface area contributed by atoms with Crippen molar-refractivity contribution in [2.45, 2.75) is 40.2 Å². The van der Waals surface area contributed by atoms with E-state index in [1.54, 1.807) is 27.7 Å². The van der Waals surface area contributed by atoms with Gasteiger partial charge in [0, 0.05) is 17.9 Å². The standard InChI is InChI=1S/C16H22O6/c1-6-11(21-12(17)7-2)8-10(3)14(18)22-13-15(19)20-9-16(13,4)5/h7-8,10,13H,2,6,9H2,1,3-5H3/b11-8+. The first-order chi connectivity index (χ1) is 10.2. The van der Waals surface area contributed by atoms with Crippen molar-refractivity contribution in [3.05, 3.63) is 24.5 Å². The number of hydrogen-bond donors (Lipinski definition) is 0. The van der Waals surface area contributed by atoms with Gasteiger partial charge in [-0.2, -0.15) is 0 Å². The van der Waals surface area contributed by atoms with Crippen molar-refractivity contribution < 1.29 is 28.6 Å². The van der Waals surface area contributed by atoms with Gasteiger partial charge in [0.2, 0.25) is 6.10 Å². The maximum Gasteiger partial charge on any atom is 0.348 e. The molecule has 1 fully saturated rings. The lowest BCUT2D eigenvalue weighted by Crippen LogP contribution is -2.36. The third-order valence-electron chi connectivity index (χ3n) is 3.30. The zero-order valence-electron chi connectivity index (χ0n) is 13.4. The Morgan fingerprint density at radius 1 is 1.50 bits per heavy atom. The minimum absolute atomic E-state index is 0.213. The Labute approximate surface area is 130 Å². The van der Waals surface area contributed by atoms with Crippen LogP contribution in [-0.2, 0) is 28.6 Å². The molecule has 2 atom stereocenters. The lowest BCUT2D eigenvalue weighted by Gasteiger charge is -2.22. The molecular formula is C16H22O6. The van der Waals surface area contributed by atoms with Crippen LogP contribution in [0.1, 0.15) is 34.1 Å². The van der Waals surface area contributed by atoms with Gasteiger partial charge in [-0.3, -0.25) is 4.79 Å². The van der Waals surface area contributed by atoms with Gasteiger partial charge in [-0.15, -0.1) is 0 Å². The summed E-state index contributed by atoms with van der Waals surface area (Å²) in [4.78, 5) is 34.9. The number of carbonyl (C=O) groups excluding carboxylic acids is 3. The molecule has 0 amide bonds. The van der Waals surface area contributed by atoms with Crippen molar-refractivity contribution in [2.75, 3.05) is 6.61 Å². The minimum Gasteiger partial charge on any atom is -0.462 e. The van der Waals surface area contributed by atoms with E-state index in [0.29, 0.717) is 12.2 Å². The van der Waals surface area contributed by atoms with Crippen LogP contribution in [0.2, 0.25) is 0 Å². The summed E-state index contributed by atoms with van der Waals surface area (Å²) >= 11 is 0. The highest BCUT2D eigenvalue weighted by molar-refractivity contribution is 5.83. The van der Waals surface area contributed by atoms with Gasteiger partial charge < -0.3 is 14.2 Å². The Kier molecular flexibility index (Phi) is 5.91. The van der Waals surface area contributed by atoms with E-state index >= 15 is 0 Å². The predicted molar refractivity (Wildman–Crippen MR) is 78.4 cm³/mol. The molecule has 0 aromatic rings. The Hall–Kier alpha value is -2.11. The summed E-state index contributed by atoms with van der Waals surface area (Å²) in [6.07, 6.45) is 2.06. The van der Waals surface area contributed by atoms with E-state index in [4.69, 9.17) is 14.2 Å². The van der Waals surface area contributed by atoms with Crippen molar-refractivity contribution in [1.82, 2.24) is 0 Å². The number of hydrogen-bond acceptors (Lipinski definition) is 6. The SMILES string of the molecule is C=CC(=O)O/C(=C/C(C)C(=O)OC1C(=O)OCC1(C)C)CC. The van der Waals surface area contributed by atoms with E-state index in [1.165, 1.54) is 6.08 Å². The highest BCUT2D eigenvalue weighted by atomic mass is 16.6. The fourth-order valence-corrected chi connectivity index (χ4v) is 1.90. The topological polar surface area (TPSA) is 78.9 Å². The largest absolute Gasteiger partial charge is 0.462 e. The lowest BCUT2D eigenvalue weighted by atomic mass is 9.89. The summed E-state index contributed by atoms with van der Waals surface area (Å²) in [6.45, 7) is 10.5. The highest BCUT2D eigenvalue weighted by Gasteiger charge is 2.46. The van der Waals surface area contributed by atoms with Crippen molar-refractivity contribution in [3.63, 3.8) is 0 Å². The van der Waals surface area contributed by atoms with E-state index in [-0.39, 0.29) is 6.61 Å². The molecule has 0 spiro atoms. The van der Waals surface area contributed by atoms with E-state index in [2.05, 4.69) is 6.58 Å². The average molecular weight is 310 g/mol. The van der Waals surface area contributed by atoms with Gasteiger partial charge in [-0.1, -0.05) is 27.4 Å². The summed E-state index contributed by atoms with van der Waals surface area (Å²) in [5, 5.41) is 0. The molecule has 6 heteroatoms. The molecule has 0 bridgehead atoms. The molecule has 0 aromatic heterocycles. The van der Waals surface area contributed by atoms with Crippen LogP contribution < -0.4 is 0 Å². The fourth-order valence-electron chi connectivity index (χ4n) is 1.90. The molecule has 1 saturated heterocycles. The third-order valence-corrected chi connectivity index (χ3v) is 3.30. The summed E-state index contributed by atoms with van der Waals surface area (Å²) in [6, 6.07) is 0. The molecule has 1 aliphatic heterocycles. The van der Waals surface area contributed by atoms with Gasteiger partial charge in [-0.05, 0) is 13.0 Å². The van der Waals surface area contributed by atoms with Crippen LogP contribution in [0.3, 0.4) is 0 Å². The van der Waals surface area contributed by atoms with Crippen LogP contribution in [0.15, 0.2) is 24.5 Å². The molecule has 2 unspecified atom stereocenters. The van der Waals surface area contributed by atoms with E-state index < -0.39 is 35.3 Å². The van der Waals surface area contributed by atoms with Crippen molar-refractivity contribution >= 4 is 17.9 Å². The Balaban J connectivity index is 2.73. The molecule has 1 aliphatic rings. The van der Waals surface area contributed by atoms with Crippen molar-refractivity contribution in [1.29, 1.82) is 0 Å². The predicted octanol–water partition coefficient (Wildman–Crippen LogP) is 2.14. The first-order valence-electron chi connectivity index (χ1n) is 7.13. The van der Waals surface area contributed by atoms with Gasteiger partial charge in [0.05, 0.1) is 5.92 Å². The fraction of sp³-hybridized carbons (Fsp3) is 0.562. The number of ether oxygens (including phenoxy) is 3. The van der Waals surface area contributed by atoms with Crippen LogP contribution in [0.5, 0.6) is 0 Å². The van der Waals surface area contributed by atoms with Gasteiger partial charge >= 0.3 is 17.9 Å². The van der Waals surface area contributed by atoms with E-state index in [9.17, 15) is 14.4 Å². The van der Waals surface area contributed by atoms with Crippen LogP contribution in [0, 0.1) is 11.3 Å². The van der Waals surface area contributed by atoms with Gasteiger partial charge in [0.25, 0.3) is 0 Å². The Morgan fingerprint density at radius 2 is 2.14 bits per heavy atom. The minimum atomic E-state index is -0.920. The monoisotopic (exact) mass is 310 g/mol. The molecule has 0 aromatic carbocycles. The number of allylic oxidation sites excluding steroid dienone is 1. The first kappa shape index (κ1) is 17.9. The molecule has 22 heavy (non-hydrogen) atoms. The number of cyclic esters (lactones) is 1. The van der Waals surface area contributed by atoms with E-state index in [1.807, 2.05) is 0 Å². The quantitative estimate of drug-likeness (QED) is 0.324. The zero-order chi connectivity index (χ0) is 16.9. The molecular weight excluding hydrogens is 288 g/mol. The van der Waals surface area contributed by atoms with Crippen LogP contribution >= 0.6 is 0 Å². The molecule has 0 aliphatic carbocycles. The third kappa shape index (κ3) is 4.44. The summed E-state index contributed by atoms with van der Waals surface area (Å²) < 4.78 is 15.2. The molecule has 122 valence electrons. The Morgan fingerprint density at radius 3 is 2.59 bits per heavy atom. The van der Waals surface area contributed by atoms with Crippen molar-refractivity contribution in [2.24, 2.45) is 11.3 Å². The maximum absolute atomic E-state index is 12.1. The second kappa shape index (κ2) is 7.24. The Bertz CT molecular complexity index is 503. The summed E-state index contributed by atoms with van der Waals surface area (Å²) in [5.41, 5.74) is -0.556. The van der Waals surface area contributed by atoms with Gasteiger partial charge in [0.15, 0.2) is 0 Å². The zero-order valence-corrected chi connectivity index (χ0v) is 13.4. The van der Waals surface area contributed by atoms with E-state index in [0.717, 1.165) is 6.08 Å². The second-order valence-corrected chi connectivity index (χ2v) is 5.81. The molecule has 6 nitrogen and oxygen atoms in total. The normalized spacial score (nSPS) is 21.7. The average Bonchev–Trinajstić information content (AvgIpc) is 2.72. The number of rotatable bonds is 6. The second-order valence-electron chi connectivity index (χ2n) is 5.81. The summed E-state index contributed by atoms with van der Waals surface area (Å²) in [7, 11) is 0. The number of carbonyl (C=O) groups is 3. The highest BCUT2D eigenvalue weighted by Crippen LogP contribution is 2.31. The lowest BCUT2D eigenvalue weighted by molar-refractivity contribution is -0.164.